The lowest BCUT2D eigenvalue weighted by molar-refractivity contribution is 0.556. The predicted octanol–water partition coefficient (Wildman–Crippen LogP) is 9.01. The van der Waals surface area contributed by atoms with Crippen LogP contribution in [0.5, 0.6) is 5.75 Å². The monoisotopic (exact) mass is 500 g/mol. The second-order valence-corrected chi connectivity index (χ2v) is 9.99. The summed E-state index contributed by atoms with van der Waals surface area (Å²) in [5.74, 6) is 0.831. The van der Waals surface area contributed by atoms with Crippen molar-refractivity contribution in [3.8, 4) is 16.9 Å². The highest BCUT2D eigenvalue weighted by Gasteiger charge is 2.35. The molecular weight excluding hydrogens is 476 g/mol. The second-order valence-electron chi connectivity index (χ2n) is 9.99. The molecular formula is C36H24N2O. The van der Waals surface area contributed by atoms with E-state index in [1.54, 1.807) is 0 Å². The number of ether oxygens (including phenoxy) is 1. The molecule has 0 saturated carbocycles. The standard InChI is InChI=1S/C36H24N2O/c1-2-10-26(11-3-1)34-23-32(37-36-38(34)33-16-8-9-17-35(33)39-36)25-20-18-24(19-21-25)31-22-27-12-4-5-13-28(27)29-14-6-7-15-30(29)31/h1-23,32H. The van der Waals surface area contributed by atoms with Crippen LogP contribution in [0.25, 0.3) is 38.4 Å². The lowest BCUT2D eigenvalue weighted by Crippen LogP contribution is -2.31. The summed E-state index contributed by atoms with van der Waals surface area (Å²) in [5, 5.41) is 5.08. The van der Waals surface area contributed by atoms with E-state index in [4.69, 9.17) is 9.73 Å². The quantitative estimate of drug-likeness (QED) is 0.227. The molecule has 0 spiro atoms. The van der Waals surface area contributed by atoms with Gasteiger partial charge in [-0.3, -0.25) is 4.90 Å². The SMILES string of the molecule is C1=C(c2ccccc2)N2C(=NC1c1ccc(-c3cc4ccccc4c4ccccc34)cc1)Oc1ccccc12. The number of hydrogen-bond donors (Lipinski definition) is 0. The summed E-state index contributed by atoms with van der Waals surface area (Å²) in [5.41, 5.74) is 6.80. The van der Waals surface area contributed by atoms with Gasteiger partial charge in [-0.2, -0.15) is 0 Å². The van der Waals surface area contributed by atoms with Gasteiger partial charge < -0.3 is 4.74 Å². The fraction of sp³-hybridized carbons (Fsp3) is 0.0278. The van der Waals surface area contributed by atoms with Crippen molar-refractivity contribution in [2.24, 2.45) is 4.99 Å². The van der Waals surface area contributed by atoms with Crippen molar-refractivity contribution < 1.29 is 4.74 Å². The molecule has 0 fully saturated rings. The Morgan fingerprint density at radius 3 is 2.13 bits per heavy atom. The van der Waals surface area contributed by atoms with E-state index >= 15 is 0 Å². The molecule has 2 aliphatic rings. The molecule has 0 radical (unpaired) electrons. The molecule has 3 nitrogen and oxygen atoms in total. The summed E-state index contributed by atoms with van der Waals surface area (Å²) in [6.07, 6.45) is 2.24. The van der Waals surface area contributed by atoms with Gasteiger partial charge in [0.15, 0.2) is 5.75 Å². The van der Waals surface area contributed by atoms with Crippen molar-refractivity contribution in [2.45, 2.75) is 6.04 Å². The number of amidine groups is 1. The minimum Gasteiger partial charge on any atom is -0.423 e. The largest absolute Gasteiger partial charge is 0.423 e. The van der Waals surface area contributed by atoms with E-state index in [1.165, 1.54) is 32.7 Å². The van der Waals surface area contributed by atoms with Crippen molar-refractivity contribution in [3.63, 3.8) is 0 Å². The van der Waals surface area contributed by atoms with Crippen molar-refractivity contribution in [2.75, 3.05) is 4.90 Å². The second kappa shape index (κ2) is 8.71. The van der Waals surface area contributed by atoms with Gasteiger partial charge in [-0.1, -0.05) is 115 Å². The zero-order valence-electron chi connectivity index (χ0n) is 21.2. The Balaban J connectivity index is 1.22. The lowest BCUT2D eigenvalue weighted by atomic mass is 9.92. The number of fused-ring (bicyclic) bond motifs is 6. The summed E-state index contributed by atoms with van der Waals surface area (Å²) in [4.78, 5) is 7.16. The first kappa shape index (κ1) is 21.9. The highest BCUT2D eigenvalue weighted by molar-refractivity contribution is 6.14. The van der Waals surface area contributed by atoms with Crippen LogP contribution in [0, 0.1) is 0 Å². The van der Waals surface area contributed by atoms with Crippen molar-refractivity contribution in [1.82, 2.24) is 0 Å². The zero-order chi connectivity index (χ0) is 25.8. The Bertz CT molecular complexity index is 1940. The summed E-state index contributed by atoms with van der Waals surface area (Å²) in [6, 6.07) is 47.5. The molecule has 2 aliphatic heterocycles. The number of para-hydroxylation sites is 2. The van der Waals surface area contributed by atoms with Crippen LogP contribution in [-0.4, -0.2) is 6.02 Å². The van der Waals surface area contributed by atoms with E-state index < -0.39 is 0 Å². The Morgan fingerprint density at radius 1 is 0.590 bits per heavy atom. The van der Waals surface area contributed by atoms with Gasteiger partial charge in [0, 0.05) is 0 Å². The molecule has 0 aromatic heterocycles. The molecule has 8 rings (SSSR count). The molecule has 2 heterocycles. The molecule has 0 saturated heterocycles. The fourth-order valence-electron chi connectivity index (χ4n) is 5.83. The van der Waals surface area contributed by atoms with Crippen LogP contribution >= 0.6 is 0 Å². The molecule has 0 amide bonds. The van der Waals surface area contributed by atoms with Gasteiger partial charge in [-0.25, -0.2) is 4.99 Å². The average Bonchev–Trinajstić information content (AvgIpc) is 3.39. The molecule has 0 bridgehead atoms. The molecule has 184 valence electrons. The van der Waals surface area contributed by atoms with Gasteiger partial charge in [-0.05, 0) is 68.1 Å². The highest BCUT2D eigenvalue weighted by Crippen LogP contribution is 2.44. The number of aliphatic imine (C=N–C) groups is 1. The fourth-order valence-corrected chi connectivity index (χ4v) is 5.83. The molecule has 1 unspecified atom stereocenters. The minimum atomic E-state index is -0.150. The van der Waals surface area contributed by atoms with Crippen LogP contribution in [0.1, 0.15) is 17.2 Å². The van der Waals surface area contributed by atoms with Gasteiger partial charge in [-0.15, -0.1) is 0 Å². The maximum absolute atomic E-state index is 6.23. The van der Waals surface area contributed by atoms with E-state index in [2.05, 4.69) is 120 Å². The third-order valence-corrected chi connectivity index (χ3v) is 7.71. The summed E-state index contributed by atoms with van der Waals surface area (Å²) >= 11 is 0. The van der Waals surface area contributed by atoms with Crippen LogP contribution in [-0.2, 0) is 0 Å². The van der Waals surface area contributed by atoms with Gasteiger partial charge >= 0.3 is 6.02 Å². The van der Waals surface area contributed by atoms with Crippen molar-refractivity contribution in [1.29, 1.82) is 0 Å². The number of benzene rings is 6. The maximum atomic E-state index is 6.23. The Hall–Kier alpha value is -5.15. The van der Waals surface area contributed by atoms with E-state index in [1.807, 2.05) is 24.3 Å². The zero-order valence-corrected chi connectivity index (χ0v) is 21.2. The first-order chi connectivity index (χ1) is 19.3. The summed E-state index contributed by atoms with van der Waals surface area (Å²) in [6.45, 7) is 0. The highest BCUT2D eigenvalue weighted by atomic mass is 16.5. The van der Waals surface area contributed by atoms with E-state index in [0.717, 1.165) is 28.3 Å². The molecule has 0 aliphatic carbocycles. The van der Waals surface area contributed by atoms with E-state index in [9.17, 15) is 0 Å². The molecule has 6 aromatic rings. The summed E-state index contributed by atoms with van der Waals surface area (Å²) < 4.78 is 6.23. The van der Waals surface area contributed by atoms with E-state index in [0.29, 0.717) is 6.02 Å². The average molecular weight is 501 g/mol. The van der Waals surface area contributed by atoms with Gasteiger partial charge in [0.2, 0.25) is 0 Å². The van der Waals surface area contributed by atoms with Crippen molar-refractivity contribution in [3.05, 3.63) is 151 Å². The predicted molar refractivity (Wildman–Crippen MR) is 161 cm³/mol. The molecule has 0 N–H and O–H groups in total. The smallest absolute Gasteiger partial charge is 0.303 e. The maximum Gasteiger partial charge on any atom is 0.303 e. The Morgan fingerprint density at radius 2 is 1.28 bits per heavy atom. The Labute approximate surface area is 226 Å². The van der Waals surface area contributed by atoms with Gasteiger partial charge in [0.1, 0.15) is 6.04 Å². The number of nitrogens with zero attached hydrogens (tertiary/aromatic N) is 2. The first-order valence-corrected chi connectivity index (χ1v) is 13.3. The third-order valence-electron chi connectivity index (χ3n) is 7.71. The minimum absolute atomic E-state index is 0.150. The number of anilines is 1. The topological polar surface area (TPSA) is 24.8 Å². The van der Waals surface area contributed by atoms with Gasteiger partial charge in [0.05, 0.1) is 11.4 Å². The van der Waals surface area contributed by atoms with Crippen LogP contribution in [0.3, 0.4) is 0 Å². The Kier molecular flexibility index (Phi) is 4.89. The van der Waals surface area contributed by atoms with Crippen LogP contribution in [0.15, 0.2) is 145 Å². The van der Waals surface area contributed by atoms with Crippen molar-refractivity contribution >= 4 is 39.0 Å². The van der Waals surface area contributed by atoms with Crippen LogP contribution < -0.4 is 9.64 Å². The first-order valence-electron chi connectivity index (χ1n) is 13.3. The number of hydrogen-bond acceptors (Lipinski definition) is 3. The third kappa shape index (κ3) is 3.55. The summed E-state index contributed by atoms with van der Waals surface area (Å²) in [7, 11) is 0. The molecule has 6 aromatic carbocycles. The van der Waals surface area contributed by atoms with E-state index in [-0.39, 0.29) is 6.04 Å². The normalized spacial score (nSPS) is 15.9. The van der Waals surface area contributed by atoms with Crippen LogP contribution in [0.4, 0.5) is 5.69 Å². The van der Waals surface area contributed by atoms with Gasteiger partial charge in [0.25, 0.3) is 0 Å². The lowest BCUT2D eigenvalue weighted by Gasteiger charge is -2.27. The molecule has 3 heteroatoms. The number of rotatable bonds is 3. The molecule has 1 atom stereocenters. The van der Waals surface area contributed by atoms with Crippen LogP contribution in [0.2, 0.25) is 0 Å². The molecule has 39 heavy (non-hydrogen) atoms.